The Labute approximate surface area is 37.4 Å². The van der Waals surface area contributed by atoms with E-state index in [2.05, 4.69) is 13.5 Å². The molecule has 25 valence electrons. The standard InChI is InChI=1S/C3H5.Mn/c1-3-2;/h3H,1-2H2;/q-1;. The quantitative estimate of drug-likeness (QED) is 0.311. The van der Waals surface area contributed by atoms with Gasteiger partial charge in [0.1, 0.15) is 0 Å². The summed E-state index contributed by atoms with van der Waals surface area (Å²) in [6, 6.07) is 0. The van der Waals surface area contributed by atoms with Crippen LogP contribution in [0.15, 0.2) is 12.7 Å². The van der Waals surface area contributed by atoms with Crippen LogP contribution in [0.4, 0.5) is 0 Å². The van der Waals surface area contributed by atoms with E-state index in [1.807, 2.05) is 0 Å². The van der Waals surface area contributed by atoms with E-state index in [9.17, 15) is 0 Å². The third-order valence-corrected chi connectivity index (χ3v) is 0. The second-order valence-electron chi connectivity index (χ2n) is 0.289. The SMILES string of the molecule is C=C[CH2-].[Mn]. The van der Waals surface area contributed by atoms with Gasteiger partial charge in [0, 0.05) is 17.1 Å². The van der Waals surface area contributed by atoms with Crippen LogP contribution in [0.1, 0.15) is 0 Å². The van der Waals surface area contributed by atoms with Gasteiger partial charge in [-0.3, -0.25) is 0 Å². The van der Waals surface area contributed by atoms with Crippen LogP contribution in [-0.2, 0) is 17.1 Å². The summed E-state index contributed by atoms with van der Waals surface area (Å²) in [5, 5.41) is 0. The van der Waals surface area contributed by atoms with Gasteiger partial charge < -0.3 is 0 Å². The maximum Gasteiger partial charge on any atom is 0 e. The molecule has 0 saturated carbocycles. The predicted octanol–water partition coefficient (Wildman–Crippen LogP) is 1.00. The van der Waals surface area contributed by atoms with E-state index in [1.54, 1.807) is 0 Å². The first-order valence-electron chi connectivity index (χ1n) is 0.816. The minimum atomic E-state index is 0. The molecule has 0 aromatic carbocycles. The van der Waals surface area contributed by atoms with Crippen LogP contribution in [0.25, 0.3) is 0 Å². The average Bonchev–Trinajstić information content (AvgIpc) is 0.918. The number of rotatable bonds is 0. The molecule has 1 radical (unpaired) electrons. The van der Waals surface area contributed by atoms with E-state index >= 15 is 0 Å². The first kappa shape index (κ1) is 8.92. The summed E-state index contributed by atoms with van der Waals surface area (Å²) < 4.78 is 0. The number of hydrogen-bond donors (Lipinski definition) is 0. The Morgan fingerprint density at radius 2 is 1.75 bits per heavy atom. The Morgan fingerprint density at radius 3 is 1.75 bits per heavy atom. The van der Waals surface area contributed by atoms with Crippen molar-refractivity contribution in [3.8, 4) is 0 Å². The van der Waals surface area contributed by atoms with Crippen LogP contribution >= 0.6 is 0 Å². The second kappa shape index (κ2) is 11.1. The van der Waals surface area contributed by atoms with Gasteiger partial charge in [-0.05, 0) is 0 Å². The van der Waals surface area contributed by atoms with E-state index < -0.39 is 0 Å². The van der Waals surface area contributed by atoms with E-state index in [0.29, 0.717) is 0 Å². The van der Waals surface area contributed by atoms with Crippen molar-refractivity contribution in [2.45, 2.75) is 0 Å². The van der Waals surface area contributed by atoms with Gasteiger partial charge >= 0.3 is 0 Å². The Kier molecular flexibility index (Phi) is 24.8. The van der Waals surface area contributed by atoms with Crippen LogP contribution in [0, 0.1) is 6.92 Å². The summed E-state index contributed by atoms with van der Waals surface area (Å²) in [7, 11) is 0. The van der Waals surface area contributed by atoms with Crippen molar-refractivity contribution in [2.24, 2.45) is 0 Å². The van der Waals surface area contributed by atoms with Crippen LogP contribution < -0.4 is 0 Å². The Balaban J connectivity index is 0. The zero-order valence-corrected chi connectivity index (χ0v) is 3.55. The van der Waals surface area contributed by atoms with Crippen molar-refractivity contribution in [2.75, 3.05) is 0 Å². The average molecular weight is 96.0 g/mol. The fourth-order valence-electron chi connectivity index (χ4n) is 0. The van der Waals surface area contributed by atoms with Crippen molar-refractivity contribution in [3.05, 3.63) is 19.6 Å². The van der Waals surface area contributed by atoms with Crippen LogP contribution in [-0.4, -0.2) is 0 Å². The van der Waals surface area contributed by atoms with Gasteiger partial charge in [-0.2, -0.15) is 0 Å². The number of hydrogen-bond acceptors (Lipinski definition) is 0. The molecule has 0 aromatic heterocycles. The van der Waals surface area contributed by atoms with Gasteiger partial charge in [0.05, 0.1) is 0 Å². The van der Waals surface area contributed by atoms with Crippen molar-refractivity contribution < 1.29 is 17.1 Å². The first-order chi connectivity index (χ1) is 1.41. The Hall–Kier alpha value is 0.129. The molecular formula is C3H5Mn-. The van der Waals surface area contributed by atoms with Gasteiger partial charge in [0.15, 0.2) is 0 Å². The predicted molar refractivity (Wildman–Crippen MR) is 15.6 cm³/mol. The van der Waals surface area contributed by atoms with E-state index in [1.165, 1.54) is 6.08 Å². The molecule has 0 aliphatic heterocycles. The molecule has 0 fully saturated rings. The summed E-state index contributed by atoms with van der Waals surface area (Å²) in [6.45, 7) is 6.50. The molecule has 1 heteroatoms. The molecule has 0 atom stereocenters. The molecule has 0 nitrogen and oxygen atoms in total. The molecule has 0 aromatic rings. The second-order valence-corrected chi connectivity index (χ2v) is 0.289. The Morgan fingerprint density at radius 1 is 1.75 bits per heavy atom. The molecule has 0 aliphatic rings. The van der Waals surface area contributed by atoms with Crippen LogP contribution in [0.2, 0.25) is 0 Å². The maximum absolute atomic E-state index is 3.25. The third kappa shape index (κ3) is 162. The summed E-state index contributed by atoms with van der Waals surface area (Å²) in [6.07, 6.45) is 1.50. The van der Waals surface area contributed by atoms with E-state index in [-0.39, 0.29) is 17.1 Å². The van der Waals surface area contributed by atoms with Gasteiger partial charge in [-0.15, -0.1) is 0 Å². The van der Waals surface area contributed by atoms with Crippen molar-refractivity contribution in [1.82, 2.24) is 0 Å². The summed E-state index contributed by atoms with van der Waals surface area (Å²) in [5.41, 5.74) is 0. The largest absolute Gasteiger partial charge is 0.245 e. The normalized spacial score (nSPS) is 3.00. The minimum absolute atomic E-state index is 0. The van der Waals surface area contributed by atoms with Crippen LogP contribution in [0.3, 0.4) is 0 Å². The molecule has 0 rings (SSSR count). The van der Waals surface area contributed by atoms with Crippen molar-refractivity contribution in [1.29, 1.82) is 0 Å². The molecule has 0 unspecified atom stereocenters. The molecule has 0 bridgehead atoms. The zero-order valence-electron chi connectivity index (χ0n) is 2.37. The molecule has 4 heavy (non-hydrogen) atoms. The third-order valence-electron chi connectivity index (χ3n) is 0. The fraction of sp³-hybridized carbons (Fsp3) is 0. The van der Waals surface area contributed by atoms with E-state index in [4.69, 9.17) is 0 Å². The molecule has 0 amide bonds. The van der Waals surface area contributed by atoms with E-state index in [0.717, 1.165) is 0 Å². The van der Waals surface area contributed by atoms with Gasteiger partial charge in [0.25, 0.3) is 0 Å². The summed E-state index contributed by atoms with van der Waals surface area (Å²) in [5.74, 6) is 0. The van der Waals surface area contributed by atoms with Crippen molar-refractivity contribution in [3.63, 3.8) is 0 Å². The molecule has 0 N–H and O–H groups in total. The summed E-state index contributed by atoms with van der Waals surface area (Å²) in [4.78, 5) is 0. The smallest absolute Gasteiger partial charge is 0 e. The topological polar surface area (TPSA) is 0 Å². The van der Waals surface area contributed by atoms with Gasteiger partial charge in [-0.1, -0.05) is 0 Å². The first-order valence-corrected chi connectivity index (χ1v) is 0.816. The fourth-order valence-corrected chi connectivity index (χ4v) is 0. The minimum Gasteiger partial charge on any atom is -0.245 e. The molecule has 0 saturated heterocycles. The van der Waals surface area contributed by atoms with Crippen molar-refractivity contribution >= 4 is 0 Å². The monoisotopic (exact) mass is 96.0 g/mol. The maximum atomic E-state index is 3.25. The number of allylic oxidation sites excluding steroid dienone is 1. The molecular weight excluding hydrogens is 91.0 g/mol. The molecule has 0 heterocycles. The van der Waals surface area contributed by atoms with Gasteiger partial charge in [-0.25, -0.2) is 19.6 Å². The van der Waals surface area contributed by atoms with Crippen LogP contribution in [0.5, 0.6) is 0 Å². The molecule has 0 aliphatic carbocycles. The Bertz CT molecular complexity index is 10.8. The zero-order chi connectivity index (χ0) is 2.71. The van der Waals surface area contributed by atoms with Gasteiger partial charge in [0.2, 0.25) is 0 Å². The molecule has 0 spiro atoms. The summed E-state index contributed by atoms with van der Waals surface area (Å²) >= 11 is 0.